The van der Waals surface area contributed by atoms with Crippen LogP contribution in [-0.4, -0.2) is 24.5 Å². The van der Waals surface area contributed by atoms with Crippen molar-refractivity contribution in [2.45, 2.75) is 25.4 Å². The number of pyridine rings is 1. The summed E-state index contributed by atoms with van der Waals surface area (Å²) in [5.74, 6) is 0.691. The van der Waals surface area contributed by atoms with Gasteiger partial charge in [0.2, 0.25) is 11.8 Å². The molecule has 0 radical (unpaired) electrons. The fourth-order valence-electron chi connectivity index (χ4n) is 3.49. The summed E-state index contributed by atoms with van der Waals surface area (Å²) in [7, 11) is 1.72. The summed E-state index contributed by atoms with van der Waals surface area (Å²) >= 11 is 0. The minimum absolute atomic E-state index is 0. The number of hydrogen-bond acceptors (Lipinski definition) is 4. The summed E-state index contributed by atoms with van der Waals surface area (Å²) in [4.78, 5) is 18.0. The first kappa shape index (κ1) is 26.0. The Morgan fingerprint density at radius 2 is 1.83 bits per heavy atom. The summed E-state index contributed by atoms with van der Waals surface area (Å²) in [6, 6.07) is 8.83. The van der Waals surface area contributed by atoms with E-state index in [-0.39, 0.29) is 48.4 Å². The minimum Gasteiger partial charge on any atom is -0.439 e. The molecule has 1 amide bonds. The van der Waals surface area contributed by atoms with E-state index >= 15 is 0 Å². The zero-order chi connectivity index (χ0) is 20.3. The third-order valence-corrected chi connectivity index (χ3v) is 5.12. The third-order valence-electron chi connectivity index (χ3n) is 5.12. The van der Waals surface area contributed by atoms with E-state index in [1.807, 2.05) is 0 Å². The molecule has 10 heteroatoms. The lowest BCUT2D eigenvalue weighted by Gasteiger charge is -2.24. The maximum absolute atomic E-state index is 12.7. The highest BCUT2D eigenvalue weighted by atomic mass is 35.5. The number of aromatic nitrogens is 1. The lowest BCUT2D eigenvalue weighted by Crippen LogP contribution is -2.36. The number of halogens is 5. The van der Waals surface area contributed by atoms with Crippen LogP contribution >= 0.6 is 24.8 Å². The second kappa shape index (κ2) is 10.8. The third kappa shape index (κ3) is 6.00. The summed E-state index contributed by atoms with van der Waals surface area (Å²) in [6.45, 7) is 0.511. The molecule has 2 aromatic rings. The molecular weight excluding hydrogens is 442 g/mol. The van der Waals surface area contributed by atoms with Crippen LogP contribution in [0.25, 0.3) is 0 Å². The van der Waals surface area contributed by atoms with E-state index in [0.29, 0.717) is 18.0 Å². The molecule has 3 rings (SSSR count). The summed E-state index contributed by atoms with van der Waals surface area (Å²) in [5, 5.41) is 0. The van der Waals surface area contributed by atoms with Crippen molar-refractivity contribution in [2.75, 3.05) is 18.5 Å². The van der Waals surface area contributed by atoms with Gasteiger partial charge >= 0.3 is 6.18 Å². The highest BCUT2D eigenvalue weighted by Crippen LogP contribution is 2.34. The molecule has 2 N–H and O–H groups in total. The van der Waals surface area contributed by atoms with E-state index < -0.39 is 11.7 Å². The number of amides is 1. The van der Waals surface area contributed by atoms with Gasteiger partial charge in [0.25, 0.3) is 0 Å². The van der Waals surface area contributed by atoms with Crippen molar-refractivity contribution in [3.8, 4) is 11.6 Å². The Morgan fingerprint density at radius 3 is 2.37 bits per heavy atom. The number of nitrogens with two attached hydrogens (primary N) is 1. The number of carbonyl (C=O) groups excluding carboxylic acids is 1. The van der Waals surface area contributed by atoms with Crippen molar-refractivity contribution in [2.24, 2.45) is 17.6 Å². The monoisotopic (exact) mass is 465 g/mol. The topological polar surface area (TPSA) is 68.5 Å². The van der Waals surface area contributed by atoms with Crippen molar-refractivity contribution in [3.63, 3.8) is 0 Å². The fraction of sp³-hybridized carbons (Fsp3) is 0.400. The number of hydrogen-bond donors (Lipinski definition) is 1. The van der Waals surface area contributed by atoms with Crippen LogP contribution < -0.4 is 15.4 Å². The maximum Gasteiger partial charge on any atom is 0.417 e. The fourth-order valence-corrected chi connectivity index (χ4v) is 3.49. The Balaban J connectivity index is 0.00000225. The average Bonchev–Trinajstić information content (AvgIpc) is 3.16. The molecule has 1 aliphatic rings. The van der Waals surface area contributed by atoms with Crippen LogP contribution in [-0.2, 0) is 11.0 Å². The second-order valence-electron chi connectivity index (χ2n) is 6.91. The summed E-state index contributed by atoms with van der Waals surface area (Å²) in [6.07, 6.45) is -0.864. The highest BCUT2D eigenvalue weighted by Gasteiger charge is 2.34. The van der Waals surface area contributed by atoms with Crippen LogP contribution in [0, 0.1) is 11.8 Å². The summed E-state index contributed by atoms with van der Waals surface area (Å²) in [5.41, 5.74) is 5.65. The molecule has 5 nitrogen and oxygen atoms in total. The van der Waals surface area contributed by atoms with Crippen molar-refractivity contribution in [1.29, 1.82) is 0 Å². The number of alkyl halides is 3. The van der Waals surface area contributed by atoms with Gasteiger partial charge in [0.1, 0.15) is 5.75 Å². The van der Waals surface area contributed by atoms with Gasteiger partial charge in [0.15, 0.2) is 0 Å². The molecule has 1 heterocycles. The van der Waals surface area contributed by atoms with Gasteiger partial charge in [-0.05, 0) is 55.6 Å². The maximum atomic E-state index is 12.7. The van der Waals surface area contributed by atoms with E-state index in [4.69, 9.17) is 10.5 Å². The number of carbonyl (C=O) groups is 1. The van der Waals surface area contributed by atoms with Gasteiger partial charge in [-0.2, -0.15) is 13.2 Å². The smallest absolute Gasteiger partial charge is 0.417 e. The van der Waals surface area contributed by atoms with Crippen LogP contribution in [0.4, 0.5) is 18.9 Å². The Hall–Kier alpha value is -2.03. The first-order chi connectivity index (χ1) is 13.3. The molecule has 1 fully saturated rings. The Labute approximate surface area is 185 Å². The Morgan fingerprint density at radius 1 is 1.17 bits per heavy atom. The SMILES string of the molecule is CN(C(=O)[C@@H]1CCC[C@@H]1CN)c1ccc(Oc2ccc(C(F)(F)F)cn2)cc1.Cl.Cl. The number of benzene rings is 1. The van der Waals surface area contributed by atoms with Crippen LogP contribution in [0.2, 0.25) is 0 Å². The van der Waals surface area contributed by atoms with Gasteiger partial charge in [-0.15, -0.1) is 24.8 Å². The van der Waals surface area contributed by atoms with Gasteiger partial charge in [0, 0.05) is 30.9 Å². The van der Waals surface area contributed by atoms with Gasteiger partial charge < -0.3 is 15.4 Å². The molecule has 30 heavy (non-hydrogen) atoms. The van der Waals surface area contributed by atoms with Crippen molar-refractivity contribution in [1.82, 2.24) is 4.98 Å². The van der Waals surface area contributed by atoms with E-state index in [1.165, 1.54) is 6.07 Å². The molecule has 0 spiro atoms. The van der Waals surface area contributed by atoms with Gasteiger partial charge in [0.05, 0.1) is 5.56 Å². The standard InChI is InChI=1S/C20H22F3N3O2.2ClH/c1-26(19(27)17-4-2-3-13(17)11-24)15-6-8-16(9-7-15)28-18-10-5-14(12-25-18)20(21,22)23;;/h5-10,12-13,17H,2-4,11,24H2,1H3;2*1H/t13-,17-;;/m1../s1. The van der Waals surface area contributed by atoms with Gasteiger partial charge in [-0.3, -0.25) is 4.79 Å². The summed E-state index contributed by atoms with van der Waals surface area (Å²) < 4.78 is 43.2. The zero-order valence-corrected chi connectivity index (χ0v) is 17.9. The molecule has 0 unspecified atom stereocenters. The first-order valence-corrected chi connectivity index (χ1v) is 9.08. The normalized spacial score (nSPS) is 18.2. The van der Waals surface area contributed by atoms with E-state index in [2.05, 4.69) is 4.98 Å². The van der Waals surface area contributed by atoms with E-state index in [0.717, 1.165) is 31.5 Å². The zero-order valence-electron chi connectivity index (χ0n) is 16.3. The van der Waals surface area contributed by atoms with Crippen LogP contribution in [0.15, 0.2) is 42.6 Å². The molecule has 0 saturated heterocycles. The van der Waals surface area contributed by atoms with Crippen LogP contribution in [0.3, 0.4) is 0 Å². The first-order valence-electron chi connectivity index (χ1n) is 9.08. The molecule has 1 saturated carbocycles. The number of nitrogens with zero attached hydrogens (tertiary/aromatic N) is 2. The average molecular weight is 466 g/mol. The van der Waals surface area contributed by atoms with Crippen LogP contribution in [0.5, 0.6) is 11.6 Å². The highest BCUT2D eigenvalue weighted by molar-refractivity contribution is 5.95. The number of ether oxygens (including phenoxy) is 1. The van der Waals surface area contributed by atoms with E-state index in [1.54, 1.807) is 36.2 Å². The molecule has 2 atom stereocenters. The molecule has 1 aromatic carbocycles. The molecule has 0 bridgehead atoms. The second-order valence-corrected chi connectivity index (χ2v) is 6.91. The molecular formula is C20H24Cl2F3N3O2. The van der Waals surface area contributed by atoms with Crippen molar-refractivity contribution < 1.29 is 22.7 Å². The molecule has 1 aromatic heterocycles. The molecule has 166 valence electrons. The van der Waals surface area contributed by atoms with Gasteiger partial charge in [-0.1, -0.05) is 6.42 Å². The van der Waals surface area contributed by atoms with Gasteiger partial charge in [-0.25, -0.2) is 4.98 Å². The van der Waals surface area contributed by atoms with Crippen LogP contribution in [0.1, 0.15) is 24.8 Å². The largest absolute Gasteiger partial charge is 0.439 e. The predicted molar refractivity (Wildman–Crippen MR) is 114 cm³/mol. The predicted octanol–water partition coefficient (Wildman–Crippen LogP) is 5.07. The molecule has 0 aliphatic heterocycles. The minimum atomic E-state index is -4.44. The van der Waals surface area contributed by atoms with E-state index in [9.17, 15) is 18.0 Å². The van der Waals surface area contributed by atoms with Crippen molar-refractivity contribution in [3.05, 3.63) is 48.2 Å². The Kier molecular flexibility index (Phi) is 9.39. The molecule has 1 aliphatic carbocycles. The lowest BCUT2D eigenvalue weighted by atomic mass is 9.94. The lowest BCUT2D eigenvalue weighted by molar-refractivity contribution is -0.137. The quantitative estimate of drug-likeness (QED) is 0.668. The number of anilines is 1. The Bertz CT molecular complexity index is 818. The van der Waals surface area contributed by atoms with Crippen molar-refractivity contribution >= 4 is 36.4 Å². The number of rotatable bonds is 5.